The van der Waals surface area contributed by atoms with Gasteiger partial charge in [-0.1, -0.05) is 41.5 Å². The van der Waals surface area contributed by atoms with Crippen LogP contribution in [0.15, 0.2) is 6.20 Å². The van der Waals surface area contributed by atoms with Gasteiger partial charge in [0.25, 0.3) is 0 Å². The van der Waals surface area contributed by atoms with E-state index in [0.29, 0.717) is 0 Å². The normalized spacial score (nSPS) is 11.7. The van der Waals surface area contributed by atoms with Crippen molar-refractivity contribution in [1.82, 2.24) is 14.9 Å². The van der Waals surface area contributed by atoms with Gasteiger partial charge in [0.15, 0.2) is 0 Å². The summed E-state index contributed by atoms with van der Waals surface area (Å²) >= 11 is 0. The summed E-state index contributed by atoms with van der Waals surface area (Å²) in [5.74, 6) is 1.17. The van der Waals surface area contributed by atoms with E-state index in [1.54, 1.807) is 0 Å². The summed E-state index contributed by atoms with van der Waals surface area (Å²) in [6.45, 7) is 17.1. The van der Waals surface area contributed by atoms with Crippen LogP contribution in [0.25, 0.3) is 0 Å². The molecule has 0 amide bonds. The molecule has 0 spiro atoms. The largest absolute Gasteiger partial charge is 0.332 e. The summed E-state index contributed by atoms with van der Waals surface area (Å²) in [7, 11) is 0. The van der Waals surface area contributed by atoms with Crippen LogP contribution in [0.3, 0.4) is 0 Å². The van der Waals surface area contributed by atoms with Crippen LogP contribution < -0.4 is 5.32 Å². The Balaban J connectivity index is 0. The smallest absolute Gasteiger partial charge is 0.123 e. The number of nitrogens with one attached hydrogen (secondary N) is 1. The van der Waals surface area contributed by atoms with Crippen molar-refractivity contribution < 1.29 is 0 Å². The van der Waals surface area contributed by atoms with Crippen LogP contribution in [0.2, 0.25) is 0 Å². The molecule has 1 aliphatic heterocycles. The highest BCUT2D eigenvalue weighted by Crippen LogP contribution is 2.04. The van der Waals surface area contributed by atoms with Gasteiger partial charge in [0, 0.05) is 19.3 Å². The number of rotatable bonds is 0. The maximum absolute atomic E-state index is 4.35. The molecule has 0 aliphatic carbocycles. The maximum Gasteiger partial charge on any atom is 0.123 e. The van der Waals surface area contributed by atoms with Gasteiger partial charge in [0.1, 0.15) is 5.82 Å². The highest BCUT2D eigenvalue weighted by atomic mass is 15.1. The Labute approximate surface area is 101 Å². The van der Waals surface area contributed by atoms with E-state index in [1.165, 1.54) is 5.82 Å². The van der Waals surface area contributed by atoms with Gasteiger partial charge < -0.3 is 9.88 Å². The molecule has 3 nitrogen and oxygen atoms in total. The highest BCUT2D eigenvalue weighted by Gasteiger charge is 2.08. The molecule has 0 aromatic carbocycles. The molecule has 16 heavy (non-hydrogen) atoms. The molecular formula is C13H29N3. The van der Waals surface area contributed by atoms with Crippen molar-refractivity contribution in [2.45, 2.75) is 61.6 Å². The number of imidazole rings is 1. The van der Waals surface area contributed by atoms with Crippen molar-refractivity contribution >= 4 is 0 Å². The summed E-state index contributed by atoms with van der Waals surface area (Å²) in [6, 6.07) is 0. The summed E-state index contributed by atoms with van der Waals surface area (Å²) in [5.41, 5.74) is 1.12. The average Bonchev–Trinajstić information content (AvgIpc) is 2.76. The van der Waals surface area contributed by atoms with Gasteiger partial charge in [-0.05, 0) is 6.92 Å². The topological polar surface area (TPSA) is 29.9 Å². The lowest BCUT2D eigenvalue weighted by Crippen LogP contribution is -2.27. The van der Waals surface area contributed by atoms with E-state index in [1.807, 2.05) is 48.5 Å². The number of fused-ring (bicyclic) bond motifs is 1. The Morgan fingerprint density at radius 1 is 1.12 bits per heavy atom. The number of nitrogens with zero attached hydrogens (tertiary/aromatic N) is 2. The standard InChI is InChI=1S/C7H11N3.3C2H6/c1-6-5-10-3-2-8-4-7(10)9-6;3*1-2/h5,8H,2-4H2,1H3;3*1-2H3. The number of hydrogen-bond donors (Lipinski definition) is 1. The van der Waals surface area contributed by atoms with Gasteiger partial charge in [-0.2, -0.15) is 0 Å². The van der Waals surface area contributed by atoms with Gasteiger partial charge in [-0.25, -0.2) is 4.98 Å². The molecule has 1 aliphatic rings. The third-order valence-electron chi connectivity index (χ3n) is 1.79. The number of hydrogen-bond acceptors (Lipinski definition) is 2. The summed E-state index contributed by atoms with van der Waals surface area (Å²) in [4.78, 5) is 4.35. The van der Waals surface area contributed by atoms with E-state index in [0.717, 1.165) is 25.3 Å². The monoisotopic (exact) mass is 227 g/mol. The zero-order valence-electron chi connectivity index (χ0n) is 12.1. The van der Waals surface area contributed by atoms with Crippen LogP contribution in [-0.4, -0.2) is 16.1 Å². The van der Waals surface area contributed by atoms with Gasteiger partial charge >= 0.3 is 0 Å². The predicted molar refractivity (Wildman–Crippen MR) is 72.7 cm³/mol. The van der Waals surface area contributed by atoms with Crippen LogP contribution in [0.5, 0.6) is 0 Å². The molecule has 2 heterocycles. The molecule has 3 heteroatoms. The predicted octanol–water partition coefficient (Wildman–Crippen LogP) is 3.37. The Morgan fingerprint density at radius 2 is 1.69 bits per heavy atom. The van der Waals surface area contributed by atoms with Crippen LogP contribution >= 0.6 is 0 Å². The first-order valence-electron chi connectivity index (χ1n) is 6.59. The SMILES string of the molecule is CC.CC.CC.Cc1cn2c(n1)CNCC2. The van der Waals surface area contributed by atoms with E-state index < -0.39 is 0 Å². The molecule has 2 rings (SSSR count). The van der Waals surface area contributed by atoms with Gasteiger partial charge in [0.2, 0.25) is 0 Å². The molecule has 0 atom stereocenters. The fourth-order valence-electron chi connectivity index (χ4n) is 1.33. The zero-order valence-corrected chi connectivity index (χ0v) is 12.1. The average molecular weight is 227 g/mol. The molecular weight excluding hydrogens is 198 g/mol. The van der Waals surface area contributed by atoms with E-state index in [2.05, 4.69) is 21.1 Å². The molecule has 1 aromatic rings. The van der Waals surface area contributed by atoms with Crippen molar-refractivity contribution in [3.05, 3.63) is 17.7 Å². The van der Waals surface area contributed by atoms with Crippen molar-refractivity contribution in [3.63, 3.8) is 0 Å². The molecule has 1 N–H and O–H groups in total. The Hall–Kier alpha value is -0.830. The van der Waals surface area contributed by atoms with Crippen LogP contribution in [0, 0.1) is 6.92 Å². The minimum atomic E-state index is 0.924. The molecule has 0 radical (unpaired) electrons. The Kier molecular flexibility index (Phi) is 13.4. The minimum Gasteiger partial charge on any atom is -0.332 e. The third-order valence-corrected chi connectivity index (χ3v) is 1.79. The van der Waals surface area contributed by atoms with Crippen molar-refractivity contribution in [2.75, 3.05) is 6.54 Å². The van der Waals surface area contributed by atoms with Crippen LogP contribution in [-0.2, 0) is 13.1 Å². The summed E-state index contributed by atoms with van der Waals surface area (Å²) in [6.07, 6.45) is 2.11. The second kappa shape index (κ2) is 12.2. The molecule has 0 bridgehead atoms. The number of aryl methyl sites for hydroxylation is 1. The molecule has 0 saturated carbocycles. The van der Waals surface area contributed by atoms with E-state index in [9.17, 15) is 0 Å². The summed E-state index contributed by atoms with van der Waals surface area (Å²) in [5, 5.41) is 3.27. The first-order valence-corrected chi connectivity index (χ1v) is 6.59. The van der Waals surface area contributed by atoms with Gasteiger partial charge in [-0.15, -0.1) is 0 Å². The lowest BCUT2D eigenvalue weighted by atomic mass is 10.4. The van der Waals surface area contributed by atoms with Crippen LogP contribution in [0.4, 0.5) is 0 Å². The first kappa shape index (κ1) is 17.6. The van der Waals surface area contributed by atoms with Crippen molar-refractivity contribution in [3.8, 4) is 0 Å². The van der Waals surface area contributed by atoms with Crippen molar-refractivity contribution in [2.24, 2.45) is 0 Å². The fourth-order valence-corrected chi connectivity index (χ4v) is 1.33. The quantitative estimate of drug-likeness (QED) is 0.736. The number of aromatic nitrogens is 2. The lowest BCUT2D eigenvalue weighted by molar-refractivity contribution is 0.505. The Morgan fingerprint density at radius 3 is 2.19 bits per heavy atom. The Bertz CT molecular complexity index is 218. The second-order valence-electron chi connectivity index (χ2n) is 2.67. The van der Waals surface area contributed by atoms with Gasteiger partial charge in [-0.3, -0.25) is 0 Å². The summed E-state index contributed by atoms with van der Waals surface area (Å²) < 4.78 is 2.21. The zero-order chi connectivity index (χ0) is 13.0. The van der Waals surface area contributed by atoms with Gasteiger partial charge in [0.05, 0.1) is 12.2 Å². The third kappa shape index (κ3) is 5.91. The van der Waals surface area contributed by atoms with E-state index >= 15 is 0 Å². The van der Waals surface area contributed by atoms with E-state index in [-0.39, 0.29) is 0 Å². The van der Waals surface area contributed by atoms with Crippen molar-refractivity contribution in [1.29, 1.82) is 0 Å². The fraction of sp³-hybridized carbons (Fsp3) is 0.769. The maximum atomic E-state index is 4.35. The lowest BCUT2D eigenvalue weighted by Gasteiger charge is -2.13. The second-order valence-corrected chi connectivity index (χ2v) is 2.67. The molecule has 0 fully saturated rings. The van der Waals surface area contributed by atoms with Crippen LogP contribution in [0.1, 0.15) is 53.1 Å². The first-order chi connectivity index (χ1) is 7.86. The minimum absolute atomic E-state index is 0.924. The van der Waals surface area contributed by atoms with E-state index in [4.69, 9.17) is 0 Å². The highest BCUT2D eigenvalue weighted by molar-refractivity contribution is 5.03. The molecule has 0 unspecified atom stereocenters. The molecule has 1 aromatic heterocycles. The molecule has 96 valence electrons. The molecule has 0 saturated heterocycles.